The number of rotatable bonds is 4. The van der Waals surface area contributed by atoms with Gasteiger partial charge in [0.1, 0.15) is 11.6 Å². The molecule has 0 radical (unpaired) electrons. The number of piperazine rings is 1. The first-order valence-corrected chi connectivity index (χ1v) is 7.38. The summed E-state index contributed by atoms with van der Waals surface area (Å²) < 4.78 is 0. The predicted octanol–water partition coefficient (Wildman–Crippen LogP) is 0.269. The van der Waals surface area contributed by atoms with Crippen LogP contribution in [0.3, 0.4) is 0 Å². The lowest BCUT2D eigenvalue weighted by molar-refractivity contribution is -0.130. The molecule has 0 atom stereocenters. The van der Waals surface area contributed by atoms with E-state index in [0.717, 1.165) is 5.56 Å². The Bertz CT molecular complexity index is 628. The highest BCUT2D eigenvalue weighted by molar-refractivity contribution is 5.97. The quantitative estimate of drug-likeness (QED) is 0.636. The van der Waals surface area contributed by atoms with Crippen molar-refractivity contribution in [2.24, 2.45) is 0 Å². The van der Waals surface area contributed by atoms with Gasteiger partial charge in [-0.15, -0.1) is 0 Å². The molecule has 0 unspecified atom stereocenters. The van der Waals surface area contributed by atoms with Crippen LogP contribution >= 0.6 is 0 Å². The van der Waals surface area contributed by atoms with Crippen LogP contribution in [-0.2, 0) is 16.1 Å². The van der Waals surface area contributed by atoms with E-state index in [-0.39, 0.29) is 11.5 Å². The first kappa shape index (κ1) is 16.5. The summed E-state index contributed by atoms with van der Waals surface area (Å²) >= 11 is 0. The van der Waals surface area contributed by atoms with Crippen LogP contribution in [0.4, 0.5) is 0 Å². The van der Waals surface area contributed by atoms with Crippen LogP contribution < -0.4 is 5.32 Å². The van der Waals surface area contributed by atoms with Gasteiger partial charge in [-0.1, -0.05) is 6.07 Å². The van der Waals surface area contributed by atoms with Crippen LogP contribution in [0.2, 0.25) is 0 Å². The van der Waals surface area contributed by atoms with E-state index in [1.165, 1.54) is 6.92 Å². The van der Waals surface area contributed by atoms with Crippen molar-refractivity contribution in [1.29, 1.82) is 5.26 Å². The number of nitriles is 1. The maximum atomic E-state index is 12.1. The van der Waals surface area contributed by atoms with Gasteiger partial charge < -0.3 is 15.1 Å². The van der Waals surface area contributed by atoms with Gasteiger partial charge in [-0.2, -0.15) is 5.26 Å². The molecule has 0 spiro atoms. The molecule has 7 heteroatoms. The van der Waals surface area contributed by atoms with E-state index in [0.29, 0.717) is 32.7 Å². The first-order valence-electron chi connectivity index (χ1n) is 7.38. The van der Waals surface area contributed by atoms with E-state index in [1.807, 2.05) is 17.0 Å². The van der Waals surface area contributed by atoms with E-state index >= 15 is 0 Å². The van der Waals surface area contributed by atoms with Gasteiger partial charge in [0.05, 0.1) is 0 Å². The molecule has 1 aliphatic heterocycles. The van der Waals surface area contributed by atoms with Crippen molar-refractivity contribution >= 4 is 11.8 Å². The molecule has 2 heterocycles. The third-order valence-corrected chi connectivity index (χ3v) is 3.61. The van der Waals surface area contributed by atoms with Gasteiger partial charge in [0.25, 0.3) is 5.91 Å². The second-order valence-electron chi connectivity index (χ2n) is 5.24. The van der Waals surface area contributed by atoms with Gasteiger partial charge in [-0.3, -0.25) is 14.6 Å². The molecule has 1 fully saturated rings. The Balaban J connectivity index is 1.90. The van der Waals surface area contributed by atoms with Gasteiger partial charge in [-0.25, -0.2) is 0 Å². The number of hydrogen-bond acceptors (Lipinski definition) is 5. The fraction of sp³-hybridized carbons (Fsp3) is 0.375. The number of nitrogens with one attached hydrogen (secondary N) is 1. The second-order valence-corrected chi connectivity index (χ2v) is 5.24. The molecule has 1 aliphatic rings. The molecular weight excluding hydrogens is 294 g/mol. The number of pyridine rings is 1. The van der Waals surface area contributed by atoms with Crippen molar-refractivity contribution in [3.05, 3.63) is 41.9 Å². The highest BCUT2D eigenvalue weighted by Crippen LogP contribution is 2.06. The van der Waals surface area contributed by atoms with E-state index in [9.17, 15) is 14.9 Å². The van der Waals surface area contributed by atoms with Crippen LogP contribution in [0.25, 0.3) is 0 Å². The Kier molecular flexibility index (Phi) is 5.69. The van der Waals surface area contributed by atoms with Crippen LogP contribution in [0.5, 0.6) is 0 Å². The molecule has 1 saturated heterocycles. The van der Waals surface area contributed by atoms with E-state index < -0.39 is 5.91 Å². The second kappa shape index (κ2) is 7.94. The fourth-order valence-electron chi connectivity index (χ4n) is 2.27. The number of carbonyl (C=O) groups is 2. The number of hydrogen-bond donors (Lipinski definition) is 1. The highest BCUT2D eigenvalue weighted by atomic mass is 16.2. The molecule has 0 saturated carbocycles. The normalized spacial score (nSPS) is 15.0. The van der Waals surface area contributed by atoms with Gasteiger partial charge in [0.2, 0.25) is 5.91 Å². The van der Waals surface area contributed by atoms with Crippen molar-refractivity contribution in [3.63, 3.8) is 0 Å². The minimum atomic E-state index is -0.412. The molecule has 2 rings (SSSR count). The molecule has 0 aliphatic carbocycles. The standard InChI is InChI=1S/C16H19N5O2/c1-13(22)21-7-5-20(6-8-21)12-15(9-17)16(23)19-11-14-3-2-4-18-10-14/h2-4,10,12H,5-8,11H2,1H3,(H,19,23)/b15-12-. The SMILES string of the molecule is CC(=O)N1CCN(/C=C(/C#N)C(=O)NCc2cccnc2)CC1. The number of nitrogens with zero attached hydrogens (tertiary/aromatic N) is 4. The van der Waals surface area contributed by atoms with Crippen molar-refractivity contribution in [3.8, 4) is 6.07 Å². The van der Waals surface area contributed by atoms with Crippen molar-refractivity contribution in [2.75, 3.05) is 26.2 Å². The van der Waals surface area contributed by atoms with E-state index in [4.69, 9.17) is 0 Å². The summed E-state index contributed by atoms with van der Waals surface area (Å²) in [5, 5.41) is 11.9. The fourth-order valence-corrected chi connectivity index (χ4v) is 2.27. The first-order chi connectivity index (χ1) is 11.1. The van der Waals surface area contributed by atoms with Crippen LogP contribution in [0.1, 0.15) is 12.5 Å². The van der Waals surface area contributed by atoms with Gasteiger partial charge >= 0.3 is 0 Å². The third-order valence-electron chi connectivity index (χ3n) is 3.61. The lowest BCUT2D eigenvalue weighted by atomic mass is 10.2. The molecule has 2 amide bonds. The number of carbonyl (C=O) groups excluding carboxylic acids is 2. The Hall–Kier alpha value is -2.88. The average molecular weight is 313 g/mol. The summed E-state index contributed by atoms with van der Waals surface area (Å²) in [6.45, 7) is 4.28. The zero-order valence-electron chi connectivity index (χ0n) is 13.0. The lowest BCUT2D eigenvalue weighted by Crippen LogP contribution is -2.46. The monoisotopic (exact) mass is 313 g/mol. The van der Waals surface area contributed by atoms with Crippen molar-refractivity contribution in [2.45, 2.75) is 13.5 Å². The molecule has 1 aromatic rings. The Morgan fingerprint density at radius 1 is 1.39 bits per heavy atom. The Labute approximate surface area is 135 Å². The average Bonchev–Trinajstić information content (AvgIpc) is 2.59. The molecule has 0 bridgehead atoms. The molecular formula is C16H19N5O2. The summed E-state index contributed by atoms with van der Waals surface area (Å²) in [5.74, 6) is -0.367. The zero-order chi connectivity index (χ0) is 16.7. The van der Waals surface area contributed by atoms with Crippen LogP contribution in [0.15, 0.2) is 36.3 Å². The van der Waals surface area contributed by atoms with Crippen LogP contribution in [-0.4, -0.2) is 52.8 Å². The molecule has 0 aromatic carbocycles. The predicted molar refractivity (Wildman–Crippen MR) is 83.6 cm³/mol. The molecule has 7 nitrogen and oxygen atoms in total. The summed E-state index contributed by atoms with van der Waals surface area (Å²) in [4.78, 5) is 31.0. The lowest BCUT2D eigenvalue weighted by Gasteiger charge is -2.33. The smallest absolute Gasteiger partial charge is 0.263 e. The molecule has 120 valence electrons. The third kappa shape index (κ3) is 4.81. The van der Waals surface area contributed by atoms with Gasteiger partial charge in [-0.05, 0) is 11.6 Å². The minimum Gasteiger partial charge on any atom is -0.373 e. The summed E-state index contributed by atoms with van der Waals surface area (Å²) in [6.07, 6.45) is 4.89. The van der Waals surface area contributed by atoms with Crippen molar-refractivity contribution < 1.29 is 9.59 Å². The largest absolute Gasteiger partial charge is 0.373 e. The highest BCUT2D eigenvalue weighted by Gasteiger charge is 2.18. The van der Waals surface area contributed by atoms with E-state index in [2.05, 4.69) is 10.3 Å². The summed E-state index contributed by atoms with van der Waals surface area (Å²) in [5.41, 5.74) is 0.929. The Morgan fingerprint density at radius 2 is 2.13 bits per heavy atom. The van der Waals surface area contributed by atoms with Crippen molar-refractivity contribution in [1.82, 2.24) is 20.1 Å². The number of amides is 2. The molecule has 1 aromatic heterocycles. The minimum absolute atomic E-state index is 0.0448. The van der Waals surface area contributed by atoms with Crippen LogP contribution in [0, 0.1) is 11.3 Å². The Morgan fingerprint density at radius 3 is 2.70 bits per heavy atom. The maximum absolute atomic E-state index is 12.1. The number of aromatic nitrogens is 1. The van der Waals surface area contributed by atoms with Gasteiger partial charge in [0.15, 0.2) is 0 Å². The zero-order valence-corrected chi connectivity index (χ0v) is 13.0. The van der Waals surface area contributed by atoms with Gasteiger partial charge in [0, 0.05) is 58.2 Å². The maximum Gasteiger partial charge on any atom is 0.263 e. The molecule has 23 heavy (non-hydrogen) atoms. The summed E-state index contributed by atoms with van der Waals surface area (Å²) in [6, 6.07) is 5.57. The summed E-state index contributed by atoms with van der Waals surface area (Å²) in [7, 11) is 0. The van der Waals surface area contributed by atoms with E-state index in [1.54, 1.807) is 29.6 Å². The molecule has 1 N–H and O–H groups in total. The topological polar surface area (TPSA) is 89.3 Å².